The first-order valence-corrected chi connectivity index (χ1v) is 11.3. The zero-order valence-corrected chi connectivity index (χ0v) is 16.7. The molecule has 1 amide bonds. The van der Waals surface area contributed by atoms with Gasteiger partial charge in [0.25, 0.3) is 0 Å². The standard InChI is InChI=1S/C21H22N2O5S/c24-21-8-4-14-12-16(5-6-17(14)22-21)29(25,26)23-9-1-2-18(23)15-3-7-19-20(13-15)28-11-10-27-19/h3,5-7,12-13,18H,1-2,4,8-11H2,(H,22,24)/t18-/m0/s1. The van der Waals surface area contributed by atoms with Crippen molar-refractivity contribution in [3.05, 3.63) is 47.5 Å². The third kappa shape index (κ3) is 3.26. The molecule has 0 radical (unpaired) electrons. The fraction of sp³-hybridized carbons (Fsp3) is 0.381. The molecule has 1 saturated heterocycles. The third-order valence-electron chi connectivity index (χ3n) is 5.73. The van der Waals surface area contributed by atoms with Crippen molar-refractivity contribution in [1.29, 1.82) is 0 Å². The molecule has 0 saturated carbocycles. The highest BCUT2D eigenvalue weighted by atomic mass is 32.2. The van der Waals surface area contributed by atoms with Crippen LogP contribution in [0, 0.1) is 0 Å². The fourth-order valence-electron chi connectivity index (χ4n) is 4.28. The number of anilines is 1. The highest BCUT2D eigenvalue weighted by Gasteiger charge is 2.37. The summed E-state index contributed by atoms with van der Waals surface area (Å²) in [4.78, 5) is 11.8. The van der Waals surface area contributed by atoms with Crippen molar-refractivity contribution in [2.24, 2.45) is 0 Å². The maximum atomic E-state index is 13.4. The van der Waals surface area contributed by atoms with Crippen LogP contribution in [0.1, 0.15) is 36.4 Å². The van der Waals surface area contributed by atoms with Gasteiger partial charge in [-0.15, -0.1) is 0 Å². The first-order valence-electron chi connectivity index (χ1n) is 9.86. The SMILES string of the molecule is O=C1CCc2cc(S(=O)(=O)N3CCC[C@H]3c3ccc4c(c3)OCCO4)ccc2N1. The number of benzene rings is 2. The van der Waals surface area contributed by atoms with Gasteiger partial charge in [-0.2, -0.15) is 4.31 Å². The van der Waals surface area contributed by atoms with Crippen molar-refractivity contribution in [1.82, 2.24) is 4.31 Å². The number of ether oxygens (including phenoxy) is 2. The summed E-state index contributed by atoms with van der Waals surface area (Å²) in [5.74, 6) is 1.33. The smallest absolute Gasteiger partial charge is 0.243 e. The minimum absolute atomic E-state index is 0.0358. The Morgan fingerprint density at radius 3 is 2.69 bits per heavy atom. The van der Waals surface area contributed by atoms with Crippen molar-refractivity contribution in [3.8, 4) is 11.5 Å². The first-order chi connectivity index (χ1) is 14.0. The number of nitrogens with one attached hydrogen (secondary N) is 1. The number of sulfonamides is 1. The Labute approximate surface area is 169 Å². The summed E-state index contributed by atoms with van der Waals surface area (Å²) in [5.41, 5.74) is 2.48. The topological polar surface area (TPSA) is 84.9 Å². The summed E-state index contributed by atoms with van der Waals surface area (Å²) < 4.78 is 39.7. The van der Waals surface area contributed by atoms with Gasteiger partial charge in [0, 0.05) is 18.7 Å². The number of nitrogens with zero attached hydrogens (tertiary/aromatic N) is 1. The monoisotopic (exact) mass is 414 g/mol. The lowest BCUT2D eigenvalue weighted by molar-refractivity contribution is -0.116. The second-order valence-corrected chi connectivity index (χ2v) is 9.43. The molecule has 0 bridgehead atoms. The van der Waals surface area contributed by atoms with E-state index in [2.05, 4.69) is 5.32 Å². The van der Waals surface area contributed by atoms with E-state index in [9.17, 15) is 13.2 Å². The van der Waals surface area contributed by atoms with Gasteiger partial charge in [0.2, 0.25) is 15.9 Å². The maximum Gasteiger partial charge on any atom is 0.243 e. The molecule has 8 heteroatoms. The summed E-state index contributed by atoms with van der Waals surface area (Å²) in [7, 11) is -3.66. The molecule has 3 heterocycles. The van der Waals surface area contributed by atoms with Gasteiger partial charge in [-0.3, -0.25) is 4.79 Å². The average molecular weight is 414 g/mol. The van der Waals surface area contributed by atoms with E-state index in [1.54, 1.807) is 22.5 Å². The Kier molecular flexibility index (Phi) is 4.48. The molecular weight excluding hydrogens is 392 g/mol. The molecule has 2 aromatic carbocycles. The number of carbonyl (C=O) groups is 1. The van der Waals surface area contributed by atoms with E-state index in [0.717, 1.165) is 24.0 Å². The van der Waals surface area contributed by atoms with Crippen LogP contribution in [0.25, 0.3) is 0 Å². The first kappa shape index (κ1) is 18.4. The Hall–Kier alpha value is -2.58. The third-order valence-corrected chi connectivity index (χ3v) is 7.64. The number of hydrogen-bond acceptors (Lipinski definition) is 5. The van der Waals surface area contributed by atoms with Crippen LogP contribution >= 0.6 is 0 Å². The Bertz CT molecular complexity index is 1080. The zero-order valence-electron chi connectivity index (χ0n) is 15.9. The van der Waals surface area contributed by atoms with E-state index in [1.807, 2.05) is 18.2 Å². The van der Waals surface area contributed by atoms with Crippen LogP contribution in [0.3, 0.4) is 0 Å². The number of fused-ring (bicyclic) bond motifs is 2. The maximum absolute atomic E-state index is 13.4. The van der Waals surface area contributed by atoms with Gasteiger partial charge in [0.1, 0.15) is 13.2 Å². The lowest BCUT2D eigenvalue weighted by Crippen LogP contribution is -2.31. The largest absolute Gasteiger partial charge is 0.486 e. The van der Waals surface area contributed by atoms with Gasteiger partial charge in [-0.05, 0) is 60.7 Å². The summed E-state index contributed by atoms with van der Waals surface area (Å²) in [6, 6.07) is 10.4. The number of rotatable bonds is 3. The van der Waals surface area contributed by atoms with Crippen LogP contribution < -0.4 is 14.8 Å². The van der Waals surface area contributed by atoms with Crippen molar-refractivity contribution >= 4 is 21.6 Å². The van der Waals surface area contributed by atoms with Crippen molar-refractivity contribution in [2.45, 2.75) is 36.6 Å². The molecule has 0 unspecified atom stereocenters. The number of aryl methyl sites for hydroxylation is 1. The number of carbonyl (C=O) groups excluding carboxylic acids is 1. The molecule has 2 aromatic rings. The second kappa shape index (κ2) is 7.03. The van der Waals surface area contributed by atoms with Crippen LogP contribution in [0.5, 0.6) is 11.5 Å². The van der Waals surface area contributed by atoms with Crippen molar-refractivity contribution < 1.29 is 22.7 Å². The van der Waals surface area contributed by atoms with Gasteiger partial charge >= 0.3 is 0 Å². The summed E-state index contributed by atoms with van der Waals surface area (Å²) in [5, 5.41) is 2.80. The minimum Gasteiger partial charge on any atom is -0.486 e. The van der Waals surface area contributed by atoms with Gasteiger partial charge < -0.3 is 14.8 Å². The van der Waals surface area contributed by atoms with E-state index in [1.165, 1.54) is 0 Å². The normalized spacial score (nSPS) is 21.5. The van der Waals surface area contributed by atoms with E-state index >= 15 is 0 Å². The molecule has 1 N–H and O–H groups in total. The molecule has 1 atom stereocenters. The predicted molar refractivity (Wildman–Crippen MR) is 107 cm³/mol. The molecule has 3 aliphatic heterocycles. The average Bonchev–Trinajstić information content (AvgIpc) is 3.24. The summed E-state index contributed by atoms with van der Waals surface area (Å²) in [6.45, 7) is 1.50. The Balaban J connectivity index is 1.47. The van der Waals surface area contributed by atoms with Crippen LogP contribution in [-0.2, 0) is 21.2 Å². The van der Waals surface area contributed by atoms with Gasteiger partial charge in [-0.1, -0.05) is 6.07 Å². The molecule has 1 fully saturated rings. The molecule has 0 aliphatic carbocycles. The van der Waals surface area contributed by atoms with Gasteiger partial charge in [0.05, 0.1) is 10.9 Å². The summed E-state index contributed by atoms with van der Waals surface area (Å²) in [6.07, 6.45) is 2.50. The molecule has 152 valence electrons. The van der Waals surface area contributed by atoms with Gasteiger partial charge in [0.15, 0.2) is 11.5 Å². The molecule has 7 nitrogen and oxygen atoms in total. The molecule has 3 aliphatic rings. The lowest BCUT2D eigenvalue weighted by Gasteiger charge is -2.27. The van der Waals surface area contributed by atoms with E-state index in [4.69, 9.17) is 9.47 Å². The van der Waals surface area contributed by atoms with Crippen molar-refractivity contribution in [3.63, 3.8) is 0 Å². The number of hydrogen-bond donors (Lipinski definition) is 1. The van der Waals surface area contributed by atoms with Crippen LogP contribution in [0.4, 0.5) is 5.69 Å². The highest BCUT2D eigenvalue weighted by molar-refractivity contribution is 7.89. The molecule has 29 heavy (non-hydrogen) atoms. The van der Waals surface area contributed by atoms with Gasteiger partial charge in [-0.25, -0.2) is 8.42 Å². The van der Waals surface area contributed by atoms with Crippen LogP contribution in [0.15, 0.2) is 41.3 Å². The molecule has 5 rings (SSSR count). The second-order valence-electron chi connectivity index (χ2n) is 7.54. The van der Waals surface area contributed by atoms with E-state index in [0.29, 0.717) is 49.8 Å². The zero-order chi connectivity index (χ0) is 20.0. The molecule has 0 aromatic heterocycles. The lowest BCUT2D eigenvalue weighted by atomic mass is 10.0. The molecule has 0 spiro atoms. The van der Waals surface area contributed by atoms with Crippen LogP contribution in [-0.4, -0.2) is 38.4 Å². The quantitative estimate of drug-likeness (QED) is 0.835. The highest BCUT2D eigenvalue weighted by Crippen LogP contribution is 2.41. The predicted octanol–water partition coefficient (Wildman–Crippen LogP) is 2.87. The minimum atomic E-state index is -3.66. The fourth-order valence-corrected chi connectivity index (χ4v) is 6.02. The van der Waals surface area contributed by atoms with E-state index in [-0.39, 0.29) is 16.8 Å². The number of amides is 1. The van der Waals surface area contributed by atoms with E-state index < -0.39 is 10.0 Å². The van der Waals surface area contributed by atoms with Crippen LogP contribution in [0.2, 0.25) is 0 Å². The summed E-state index contributed by atoms with van der Waals surface area (Å²) >= 11 is 0. The van der Waals surface area contributed by atoms with Crippen molar-refractivity contribution in [2.75, 3.05) is 25.1 Å². The molecular formula is C21H22N2O5S. The Morgan fingerprint density at radius 2 is 1.83 bits per heavy atom. The Morgan fingerprint density at radius 1 is 1.00 bits per heavy atom.